The number of phenols is 1. The molecule has 8 nitrogen and oxygen atoms in total. The number of phenolic OH excluding ortho intramolecular Hbond substituents is 1. The molecule has 3 saturated heterocycles. The number of benzene rings is 2. The maximum Gasteiger partial charge on any atom is 0.320 e. The molecule has 1 aliphatic carbocycles. The summed E-state index contributed by atoms with van der Waals surface area (Å²) >= 11 is 0. The third-order valence-corrected chi connectivity index (χ3v) is 9.67. The van der Waals surface area contributed by atoms with Gasteiger partial charge in [0.25, 0.3) is 0 Å². The van der Waals surface area contributed by atoms with Crippen LogP contribution in [-0.2, 0) is 0 Å². The number of likely N-dealkylation sites (tertiary alicyclic amines) is 1. The zero-order valence-corrected chi connectivity index (χ0v) is 24.1. The molecular formula is C34H35FN6O2. The fraction of sp³-hybridized carbons (Fsp3) is 0.441. The molecule has 8 rings (SSSR count). The molecule has 4 aromatic rings. The lowest BCUT2D eigenvalue weighted by Crippen LogP contribution is -2.51. The van der Waals surface area contributed by atoms with Crippen molar-refractivity contribution >= 4 is 27.6 Å². The van der Waals surface area contributed by atoms with Crippen molar-refractivity contribution in [2.24, 2.45) is 5.41 Å². The molecule has 3 atom stereocenters. The fourth-order valence-electron chi connectivity index (χ4n) is 7.28. The van der Waals surface area contributed by atoms with Crippen LogP contribution in [0.1, 0.15) is 37.7 Å². The van der Waals surface area contributed by atoms with E-state index in [-0.39, 0.29) is 11.2 Å². The minimum atomic E-state index is -0.724. The highest BCUT2D eigenvalue weighted by atomic mass is 19.1. The second-order valence-corrected chi connectivity index (χ2v) is 12.9. The number of piperazine rings is 1. The number of nitrogens with zero attached hydrogens (tertiary/aromatic N) is 5. The smallest absolute Gasteiger partial charge is 0.320 e. The van der Waals surface area contributed by atoms with Gasteiger partial charge in [0.2, 0.25) is 0 Å². The molecule has 0 amide bonds. The zero-order chi connectivity index (χ0) is 29.1. The maximum atomic E-state index is 13.8. The average Bonchev–Trinajstić information content (AvgIpc) is 3.53. The number of aromatic nitrogens is 3. The molecule has 43 heavy (non-hydrogen) atoms. The molecule has 220 valence electrons. The summed E-state index contributed by atoms with van der Waals surface area (Å²) in [6, 6.07) is 14.3. The van der Waals surface area contributed by atoms with E-state index in [0.29, 0.717) is 49.0 Å². The lowest BCUT2D eigenvalue weighted by Gasteiger charge is -2.34. The van der Waals surface area contributed by atoms with Gasteiger partial charge in [-0.2, -0.15) is 9.97 Å². The Labute approximate surface area is 250 Å². The number of pyridine rings is 1. The standard InChI is InChI=1S/C34H35FN6O2/c1-2-21-4-3-5-22-14-26(42)15-28(30(21)22)29-9-8-27-31(37-29)38-33(39-32(27)41-17-24-6-7-25(18-41)36-24)43-20-34(11-12-34)19-40-13-10-23(35)16-40/h1,3-5,8-9,14-15,23-25,36,42H,6-7,10-13,16-20H2/t23-,24?,25?/m1/s1. The molecule has 2 aromatic heterocycles. The molecule has 9 heteroatoms. The lowest BCUT2D eigenvalue weighted by atomic mass is 9.96. The van der Waals surface area contributed by atoms with Crippen molar-refractivity contribution in [3.63, 3.8) is 0 Å². The Morgan fingerprint density at radius 3 is 2.63 bits per heavy atom. The minimum Gasteiger partial charge on any atom is -0.508 e. The van der Waals surface area contributed by atoms with Crippen molar-refractivity contribution in [2.45, 2.75) is 50.4 Å². The molecule has 0 radical (unpaired) electrons. The second-order valence-electron chi connectivity index (χ2n) is 12.9. The fourth-order valence-corrected chi connectivity index (χ4v) is 7.28. The Hall–Kier alpha value is -4.00. The van der Waals surface area contributed by atoms with E-state index < -0.39 is 6.17 Å². The zero-order valence-electron chi connectivity index (χ0n) is 24.1. The number of fused-ring (bicyclic) bond motifs is 4. The SMILES string of the molecule is C#Cc1cccc2cc(O)cc(-c3ccc4c(N5CC6CCC(C5)N6)nc(OCC5(CN6CC[C@@H](F)C6)CC5)nc4n3)c12. The van der Waals surface area contributed by atoms with Crippen LogP contribution in [-0.4, -0.2) is 82.5 Å². The van der Waals surface area contributed by atoms with Gasteiger partial charge < -0.3 is 20.1 Å². The Morgan fingerprint density at radius 1 is 1.05 bits per heavy atom. The second kappa shape index (κ2) is 10.3. The number of anilines is 1. The van der Waals surface area contributed by atoms with Crippen LogP contribution in [0.3, 0.4) is 0 Å². The Kier molecular flexibility index (Phi) is 6.39. The van der Waals surface area contributed by atoms with Gasteiger partial charge >= 0.3 is 6.01 Å². The molecule has 2 aromatic carbocycles. The monoisotopic (exact) mass is 578 g/mol. The van der Waals surface area contributed by atoms with E-state index in [1.807, 2.05) is 30.3 Å². The number of terminal acetylenes is 1. The van der Waals surface area contributed by atoms with E-state index >= 15 is 0 Å². The molecule has 4 fully saturated rings. The van der Waals surface area contributed by atoms with Crippen molar-refractivity contribution < 1.29 is 14.2 Å². The normalized spacial score (nSPS) is 24.5. The van der Waals surface area contributed by atoms with Crippen LogP contribution < -0.4 is 15.0 Å². The van der Waals surface area contributed by atoms with Gasteiger partial charge in [0.15, 0.2) is 5.65 Å². The van der Waals surface area contributed by atoms with Crippen LogP contribution in [0.5, 0.6) is 11.8 Å². The Morgan fingerprint density at radius 2 is 1.88 bits per heavy atom. The summed E-state index contributed by atoms with van der Waals surface area (Å²) in [6.45, 7) is 4.41. The molecule has 1 saturated carbocycles. The summed E-state index contributed by atoms with van der Waals surface area (Å²) in [5.41, 5.74) is 2.73. The molecule has 5 heterocycles. The summed E-state index contributed by atoms with van der Waals surface area (Å²) in [7, 11) is 0. The summed E-state index contributed by atoms with van der Waals surface area (Å²) < 4.78 is 20.2. The van der Waals surface area contributed by atoms with Crippen molar-refractivity contribution in [3.8, 4) is 35.4 Å². The van der Waals surface area contributed by atoms with Gasteiger partial charge in [-0.1, -0.05) is 18.1 Å². The summed E-state index contributed by atoms with van der Waals surface area (Å²) in [5, 5.41) is 16.9. The van der Waals surface area contributed by atoms with E-state index in [0.717, 1.165) is 85.0 Å². The summed E-state index contributed by atoms with van der Waals surface area (Å²) in [5.74, 6) is 3.77. The number of hydrogen-bond donors (Lipinski definition) is 2. The highest BCUT2D eigenvalue weighted by Crippen LogP contribution is 2.47. The molecule has 2 bridgehead atoms. The van der Waals surface area contributed by atoms with Gasteiger partial charge in [-0.3, -0.25) is 4.90 Å². The maximum absolute atomic E-state index is 13.8. The van der Waals surface area contributed by atoms with Gasteiger partial charge in [0.05, 0.1) is 17.7 Å². The number of halogens is 1. The first-order valence-corrected chi connectivity index (χ1v) is 15.4. The molecule has 0 spiro atoms. The quantitative estimate of drug-likeness (QED) is 0.306. The van der Waals surface area contributed by atoms with Gasteiger partial charge in [0.1, 0.15) is 17.7 Å². The third-order valence-electron chi connectivity index (χ3n) is 9.67. The van der Waals surface area contributed by atoms with Crippen LogP contribution in [0.4, 0.5) is 10.2 Å². The minimum absolute atomic E-state index is 0.0259. The predicted octanol–water partition coefficient (Wildman–Crippen LogP) is 4.68. The average molecular weight is 579 g/mol. The molecular weight excluding hydrogens is 543 g/mol. The van der Waals surface area contributed by atoms with Crippen molar-refractivity contribution in [2.75, 3.05) is 44.2 Å². The topological polar surface area (TPSA) is 86.6 Å². The van der Waals surface area contributed by atoms with Crippen molar-refractivity contribution in [3.05, 3.63) is 48.0 Å². The number of aromatic hydroxyl groups is 1. The van der Waals surface area contributed by atoms with Crippen LogP contribution >= 0.6 is 0 Å². The lowest BCUT2D eigenvalue weighted by molar-refractivity contribution is 0.165. The first-order valence-electron chi connectivity index (χ1n) is 15.4. The van der Waals surface area contributed by atoms with Crippen LogP contribution in [0.15, 0.2) is 42.5 Å². The molecule has 4 aliphatic rings. The van der Waals surface area contributed by atoms with Gasteiger partial charge in [-0.05, 0) is 67.8 Å². The van der Waals surface area contributed by atoms with Gasteiger partial charge in [0, 0.05) is 66.7 Å². The van der Waals surface area contributed by atoms with Gasteiger partial charge in [-0.25, -0.2) is 9.37 Å². The van der Waals surface area contributed by atoms with E-state index in [2.05, 4.69) is 21.0 Å². The van der Waals surface area contributed by atoms with E-state index in [1.165, 1.54) is 0 Å². The van der Waals surface area contributed by atoms with Crippen molar-refractivity contribution in [1.29, 1.82) is 0 Å². The Bertz CT molecular complexity index is 1760. The molecule has 2 N–H and O–H groups in total. The highest BCUT2D eigenvalue weighted by molar-refractivity contribution is 6.02. The van der Waals surface area contributed by atoms with Gasteiger partial charge in [-0.15, -0.1) is 6.42 Å². The van der Waals surface area contributed by atoms with Crippen molar-refractivity contribution in [1.82, 2.24) is 25.2 Å². The van der Waals surface area contributed by atoms with Crippen LogP contribution in [0, 0.1) is 17.8 Å². The number of hydrogen-bond acceptors (Lipinski definition) is 8. The molecule has 2 unspecified atom stereocenters. The van der Waals surface area contributed by atoms with E-state index in [9.17, 15) is 9.50 Å². The number of ether oxygens (including phenoxy) is 1. The first-order chi connectivity index (χ1) is 20.9. The predicted molar refractivity (Wildman–Crippen MR) is 165 cm³/mol. The highest BCUT2D eigenvalue weighted by Gasteiger charge is 2.46. The van der Waals surface area contributed by atoms with Crippen LogP contribution in [0.25, 0.3) is 33.1 Å². The van der Waals surface area contributed by atoms with Crippen LogP contribution in [0.2, 0.25) is 0 Å². The summed E-state index contributed by atoms with van der Waals surface area (Å²) in [4.78, 5) is 19.4. The number of nitrogens with one attached hydrogen (secondary N) is 1. The van der Waals surface area contributed by atoms with E-state index in [1.54, 1.807) is 12.1 Å². The molecule has 3 aliphatic heterocycles. The Balaban J connectivity index is 1.18. The third kappa shape index (κ3) is 5.02. The van der Waals surface area contributed by atoms with E-state index in [4.69, 9.17) is 26.1 Å². The first kappa shape index (κ1) is 26.6. The summed E-state index contributed by atoms with van der Waals surface area (Å²) in [6.07, 6.45) is 10.2. The number of rotatable bonds is 7. The largest absolute Gasteiger partial charge is 0.508 e. The number of alkyl halides is 1.